The van der Waals surface area contributed by atoms with E-state index in [1.165, 1.54) is 54.6 Å². The lowest BCUT2D eigenvalue weighted by atomic mass is 9.74. The van der Waals surface area contributed by atoms with Crippen molar-refractivity contribution in [2.75, 3.05) is 12.4 Å². The van der Waals surface area contributed by atoms with Gasteiger partial charge in [0, 0.05) is 29.2 Å². The van der Waals surface area contributed by atoms with Gasteiger partial charge in [-0.1, -0.05) is 186 Å². The van der Waals surface area contributed by atoms with Crippen molar-refractivity contribution in [2.24, 2.45) is 5.41 Å². The smallest absolute Gasteiger partial charge is 0.126 e. The molecule has 3 nitrogen and oxygen atoms in total. The normalized spacial score (nSPS) is 9.69. The molecule has 1 N–H and O–H groups in total. The zero-order valence-electron chi connectivity index (χ0n) is 38.7. The number of rotatable bonds is 12. The predicted molar refractivity (Wildman–Crippen MR) is 267 cm³/mol. The van der Waals surface area contributed by atoms with E-state index >= 15 is 0 Å². The monoisotopic (exact) mass is 834 g/mol. The second kappa shape index (κ2) is 45.5. The van der Waals surface area contributed by atoms with Crippen molar-refractivity contribution in [1.82, 2.24) is 0 Å². The van der Waals surface area contributed by atoms with E-state index in [2.05, 4.69) is 121 Å². The Morgan fingerprint density at radius 3 is 1.48 bits per heavy atom. The first-order valence-electron chi connectivity index (χ1n) is 20.6. The number of benzene rings is 4. The minimum Gasteiger partial charge on any atom is -0.388 e. The number of Topliss-reactive ketones (excluding diaryl/α,β-unsaturated/α-hetero) is 1. The molecule has 324 valence electrons. The number of carbonyl (C=O) groups is 2. The van der Waals surface area contributed by atoms with E-state index in [4.69, 9.17) is 23.2 Å². The lowest BCUT2D eigenvalue weighted by Crippen LogP contribution is -2.21. The maximum Gasteiger partial charge on any atom is 0.126 e. The molecule has 58 heavy (non-hydrogen) atoms. The van der Waals surface area contributed by atoms with Crippen molar-refractivity contribution in [3.8, 4) is 0 Å². The molecule has 0 aromatic heterocycles. The summed E-state index contributed by atoms with van der Waals surface area (Å²) in [6.45, 7) is 37.4. The highest BCUT2D eigenvalue weighted by Gasteiger charge is 2.26. The third-order valence-corrected chi connectivity index (χ3v) is 8.68. The number of aldehydes is 1. The van der Waals surface area contributed by atoms with E-state index < -0.39 is 0 Å². The predicted octanol–water partition coefficient (Wildman–Crippen LogP) is 17.4. The van der Waals surface area contributed by atoms with Crippen LogP contribution in [0.4, 0.5) is 5.69 Å². The molecular formula is C53H81Cl2NO2. The largest absolute Gasteiger partial charge is 0.388 e. The number of ketones is 1. The SMILES string of the molecule is C=C.C=C.C=Cc1ccccc1.CC.CC.CC(C)=O.CCCCC(CC)(CC=O)CCCc1ccc(Cl)cc1Cl.CNc1ccc(C)cc1.Cc1ccc(C)cc1. The van der Waals surface area contributed by atoms with Crippen LogP contribution < -0.4 is 5.32 Å². The molecule has 4 rings (SSSR count). The number of carbonyl (C=O) groups excluding carboxylic acids is 2. The first-order valence-corrected chi connectivity index (χ1v) is 21.4. The molecule has 0 spiro atoms. The molecule has 0 radical (unpaired) electrons. The highest BCUT2D eigenvalue weighted by molar-refractivity contribution is 6.35. The molecule has 5 heteroatoms. The van der Waals surface area contributed by atoms with E-state index in [0.29, 0.717) is 11.4 Å². The number of nitrogens with one attached hydrogen (secondary N) is 1. The summed E-state index contributed by atoms with van der Waals surface area (Å²) in [4.78, 5) is 20.5. The quantitative estimate of drug-likeness (QED) is 0.114. The summed E-state index contributed by atoms with van der Waals surface area (Å²) in [6.07, 6.45) is 11.3. The van der Waals surface area contributed by atoms with Gasteiger partial charge in [0.25, 0.3) is 0 Å². The fourth-order valence-corrected chi connectivity index (χ4v) is 5.38. The van der Waals surface area contributed by atoms with Crippen molar-refractivity contribution in [3.63, 3.8) is 0 Å². The van der Waals surface area contributed by atoms with E-state index in [9.17, 15) is 9.59 Å². The van der Waals surface area contributed by atoms with Gasteiger partial charge in [-0.15, -0.1) is 26.3 Å². The van der Waals surface area contributed by atoms with Crippen LogP contribution in [0.25, 0.3) is 6.08 Å². The topological polar surface area (TPSA) is 46.2 Å². The number of hydrogen-bond acceptors (Lipinski definition) is 3. The van der Waals surface area contributed by atoms with Crippen LogP contribution in [0.15, 0.2) is 130 Å². The van der Waals surface area contributed by atoms with Crippen molar-refractivity contribution in [1.29, 1.82) is 0 Å². The number of aryl methyl sites for hydroxylation is 4. The molecule has 0 saturated carbocycles. The molecule has 4 aromatic carbocycles. The Morgan fingerprint density at radius 2 is 1.14 bits per heavy atom. The molecule has 0 aliphatic carbocycles. The van der Waals surface area contributed by atoms with Crippen LogP contribution in [0.3, 0.4) is 0 Å². The molecule has 1 atom stereocenters. The summed E-state index contributed by atoms with van der Waals surface area (Å²) >= 11 is 12.1. The van der Waals surface area contributed by atoms with Crippen molar-refractivity contribution in [3.05, 3.63) is 168 Å². The summed E-state index contributed by atoms with van der Waals surface area (Å²) in [5.41, 5.74) is 7.62. The molecule has 0 amide bonds. The highest BCUT2D eigenvalue weighted by atomic mass is 35.5. The van der Waals surface area contributed by atoms with Crippen LogP contribution in [-0.2, 0) is 16.0 Å². The van der Waals surface area contributed by atoms with Crippen LogP contribution in [-0.4, -0.2) is 19.1 Å². The van der Waals surface area contributed by atoms with Gasteiger partial charge in [0.1, 0.15) is 12.1 Å². The second-order valence-corrected chi connectivity index (χ2v) is 13.6. The van der Waals surface area contributed by atoms with Crippen molar-refractivity contribution < 1.29 is 9.59 Å². The average molecular weight is 835 g/mol. The fourth-order valence-electron chi connectivity index (χ4n) is 4.88. The maximum atomic E-state index is 11.0. The van der Waals surface area contributed by atoms with Crippen LogP contribution in [0, 0.1) is 26.2 Å². The van der Waals surface area contributed by atoms with Crippen molar-refractivity contribution in [2.45, 2.75) is 128 Å². The summed E-state index contributed by atoms with van der Waals surface area (Å²) in [6, 6.07) is 32.5. The van der Waals surface area contributed by atoms with Gasteiger partial charge < -0.3 is 14.9 Å². The van der Waals surface area contributed by atoms with Crippen LogP contribution in [0.2, 0.25) is 10.0 Å². The summed E-state index contributed by atoms with van der Waals surface area (Å²) in [5, 5.41) is 4.47. The number of halogens is 2. The van der Waals surface area contributed by atoms with E-state index in [0.717, 1.165) is 49.0 Å². The fraction of sp³-hybridized carbons (Fsp3) is 0.396. The Bertz CT molecular complexity index is 1480. The Labute approximate surface area is 368 Å². The summed E-state index contributed by atoms with van der Waals surface area (Å²) in [7, 11) is 1.92. The first kappa shape index (κ1) is 63.0. The van der Waals surface area contributed by atoms with Gasteiger partial charge in [-0.2, -0.15) is 0 Å². The molecule has 0 saturated heterocycles. The van der Waals surface area contributed by atoms with Crippen LogP contribution in [0.5, 0.6) is 0 Å². The molecule has 0 aliphatic rings. The Kier molecular flexibility index (Phi) is 49.4. The third-order valence-electron chi connectivity index (χ3n) is 8.09. The minimum atomic E-state index is 0.167. The lowest BCUT2D eigenvalue weighted by Gasteiger charge is -2.31. The maximum absolute atomic E-state index is 11.0. The Hall–Kier alpha value is -4.18. The Morgan fingerprint density at radius 1 is 0.707 bits per heavy atom. The molecule has 0 bridgehead atoms. The number of unbranched alkanes of at least 4 members (excludes halogenated alkanes) is 1. The van der Waals surface area contributed by atoms with Crippen LogP contribution in [0.1, 0.15) is 128 Å². The van der Waals surface area contributed by atoms with Gasteiger partial charge in [0.15, 0.2) is 0 Å². The van der Waals surface area contributed by atoms with E-state index in [1.807, 2.05) is 83.3 Å². The Balaban J connectivity index is -0.000000212. The summed E-state index contributed by atoms with van der Waals surface area (Å²) < 4.78 is 0. The van der Waals surface area contributed by atoms with Gasteiger partial charge in [-0.3, -0.25) is 0 Å². The van der Waals surface area contributed by atoms with E-state index in [-0.39, 0.29) is 11.2 Å². The van der Waals surface area contributed by atoms with Gasteiger partial charge in [-0.05, 0) is 101 Å². The average Bonchev–Trinajstić information content (AvgIpc) is 3.26. The minimum absolute atomic E-state index is 0.167. The van der Waals surface area contributed by atoms with Crippen molar-refractivity contribution >= 4 is 47.0 Å². The molecular weight excluding hydrogens is 753 g/mol. The molecule has 4 aromatic rings. The molecule has 0 aliphatic heterocycles. The zero-order chi connectivity index (χ0) is 45.8. The molecule has 1 unspecified atom stereocenters. The molecule has 0 fully saturated rings. The number of anilines is 1. The van der Waals surface area contributed by atoms with E-state index in [1.54, 1.807) is 6.07 Å². The van der Waals surface area contributed by atoms with Gasteiger partial charge in [0.05, 0.1) is 0 Å². The highest BCUT2D eigenvalue weighted by Crippen LogP contribution is 2.37. The zero-order valence-corrected chi connectivity index (χ0v) is 40.2. The third kappa shape index (κ3) is 37.4. The first-order chi connectivity index (χ1) is 27.8. The van der Waals surface area contributed by atoms with Gasteiger partial charge >= 0.3 is 0 Å². The standard InChI is InChI=1S/C18H26Cl2O.C8H11N.C8H10.C8H8.C3H6O.2C2H6.2C2H4/c1-3-5-10-18(4-2,12-13-21)11-6-7-15-8-9-16(19)14-17(15)20;1-7-3-5-8(9-2)6-4-7;1-7-3-5-8(2)6-4-7;1-2-8-6-4-3-5-7-8;1-3(2)4;4*1-2/h8-9,13-14H,3-7,10-12H2,1-2H3;3-6,9H,1-2H3;3-6H,1-2H3;2-7H,1H2;1-2H3;2*1-2H3;2*1-2H2. The van der Waals surface area contributed by atoms with Crippen LogP contribution >= 0.6 is 23.2 Å². The molecule has 0 heterocycles. The summed E-state index contributed by atoms with van der Waals surface area (Å²) in [5.74, 6) is 0.167. The second-order valence-electron chi connectivity index (χ2n) is 12.7. The van der Waals surface area contributed by atoms with Gasteiger partial charge in [0.2, 0.25) is 0 Å². The van der Waals surface area contributed by atoms with Gasteiger partial charge in [-0.25, -0.2) is 0 Å². The number of hydrogen-bond donors (Lipinski definition) is 1. The lowest BCUT2D eigenvalue weighted by molar-refractivity contribution is -0.115.